The van der Waals surface area contributed by atoms with Crippen molar-refractivity contribution in [2.45, 2.75) is 6.42 Å². The fourth-order valence-electron chi connectivity index (χ4n) is 1.77. The van der Waals surface area contributed by atoms with Gasteiger partial charge >= 0.3 is 0 Å². The molecular weight excluding hydrogens is 288 g/mol. The summed E-state index contributed by atoms with van der Waals surface area (Å²) in [5.41, 5.74) is 0.224. The number of carbonyl (C=O) groups is 2. The average molecular weight is 304 g/mol. The molecule has 0 fully saturated rings. The van der Waals surface area contributed by atoms with Gasteiger partial charge in [-0.2, -0.15) is 0 Å². The van der Waals surface area contributed by atoms with Crippen molar-refractivity contribution in [2.75, 3.05) is 13.1 Å². The maximum atomic E-state index is 11.8. The molecule has 1 aromatic carbocycles. The number of nitrogens with one attached hydrogen (secondary N) is 2. The van der Waals surface area contributed by atoms with Crippen LogP contribution in [0.2, 0.25) is 0 Å². The van der Waals surface area contributed by atoms with E-state index >= 15 is 0 Å². The third kappa shape index (κ3) is 4.61. The van der Waals surface area contributed by atoms with E-state index in [0.29, 0.717) is 19.5 Å². The van der Waals surface area contributed by atoms with Crippen LogP contribution >= 0.6 is 11.3 Å². The van der Waals surface area contributed by atoms with Crippen molar-refractivity contribution in [3.05, 3.63) is 52.2 Å². The molecule has 110 valence electrons. The summed E-state index contributed by atoms with van der Waals surface area (Å²) >= 11 is 1.54. The highest BCUT2D eigenvalue weighted by molar-refractivity contribution is 7.10. The Hall–Kier alpha value is -2.34. The SMILES string of the molecule is O=C(Cc1cccs1)NCCNC(=O)c1ccccc1O. The lowest BCUT2D eigenvalue weighted by atomic mass is 10.2. The summed E-state index contributed by atoms with van der Waals surface area (Å²) in [6, 6.07) is 10.1. The average Bonchev–Trinajstić information content (AvgIpc) is 2.96. The number of rotatable bonds is 6. The third-order valence-corrected chi connectivity index (χ3v) is 3.67. The molecule has 2 rings (SSSR count). The lowest BCUT2D eigenvalue weighted by Gasteiger charge is -2.07. The quantitative estimate of drug-likeness (QED) is 0.708. The molecule has 1 aromatic heterocycles. The second-order valence-corrected chi connectivity index (χ2v) is 5.41. The van der Waals surface area contributed by atoms with Crippen molar-refractivity contribution >= 4 is 23.2 Å². The Kier molecular flexibility index (Phi) is 5.34. The Morgan fingerprint density at radius 2 is 1.81 bits per heavy atom. The van der Waals surface area contributed by atoms with E-state index in [1.54, 1.807) is 18.2 Å². The van der Waals surface area contributed by atoms with Gasteiger partial charge < -0.3 is 15.7 Å². The topological polar surface area (TPSA) is 78.4 Å². The van der Waals surface area contributed by atoms with E-state index in [-0.39, 0.29) is 23.1 Å². The predicted molar refractivity (Wildman–Crippen MR) is 81.5 cm³/mol. The summed E-state index contributed by atoms with van der Waals surface area (Å²) in [7, 11) is 0. The second kappa shape index (κ2) is 7.44. The van der Waals surface area contributed by atoms with Gasteiger partial charge in [-0.25, -0.2) is 0 Å². The molecular formula is C15H16N2O3S. The molecule has 2 amide bonds. The number of amides is 2. The second-order valence-electron chi connectivity index (χ2n) is 4.38. The molecule has 0 aliphatic rings. The van der Waals surface area contributed by atoms with E-state index in [1.807, 2.05) is 17.5 Å². The molecule has 21 heavy (non-hydrogen) atoms. The van der Waals surface area contributed by atoms with Crippen LogP contribution in [0.25, 0.3) is 0 Å². The minimum absolute atomic E-state index is 0.0586. The number of benzene rings is 1. The molecule has 0 saturated carbocycles. The number of phenols is 1. The first-order chi connectivity index (χ1) is 10.2. The summed E-state index contributed by atoms with van der Waals surface area (Å²) in [6.07, 6.45) is 0.352. The molecule has 5 nitrogen and oxygen atoms in total. The van der Waals surface area contributed by atoms with Crippen LogP contribution in [0.15, 0.2) is 41.8 Å². The molecule has 0 saturated heterocycles. The van der Waals surface area contributed by atoms with E-state index < -0.39 is 0 Å². The number of hydrogen-bond donors (Lipinski definition) is 3. The third-order valence-electron chi connectivity index (χ3n) is 2.80. The zero-order chi connectivity index (χ0) is 15.1. The number of para-hydroxylation sites is 1. The van der Waals surface area contributed by atoms with Gasteiger partial charge in [-0.05, 0) is 23.6 Å². The van der Waals surface area contributed by atoms with Crippen LogP contribution in [0.3, 0.4) is 0 Å². The Morgan fingerprint density at radius 1 is 1.05 bits per heavy atom. The summed E-state index contributed by atoms with van der Waals surface area (Å²) in [4.78, 5) is 24.4. The standard InChI is InChI=1S/C15H16N2O3S/c18-13-6-2-1-5-12(13)15(20)17-8-7-16-14(19)10-11-4-3-9-21-11/h1-6,9,18H,7-8,10H2,(H,16,19)(H,17,20). The predicted octanol–water partition coefficient (Wildman–Crippen LogP) is 1.54. The maximum absolute atomic E-state index is 11.8. The number of hydrogen-bond acceptors (Lipinski definition) is 4. The fraction of sp³-hybridized carbons (Fsp3) is 0.200. The zero-order valence-electron chi connectivity index (χ0n) is 11.3. The Labute approximate surface area is 126 Å². The molecule has 0 bridgehead atoms. The van der Waals surface area contributed by atoms with Crippen molar-refractivity contribution in [1.82, 2.24) is 10.6 Å². The highest BCUT2D eigenvalue weighted by Gasteiger charge is 2.09. The number of thiophene rings is 1. The fourth-order valence-corrected chi connectivity index (χ4v) is 2.48. The van der Waals surface area contributed by atoms with Crippen molar-refractivity contribution in [3.8, 4) is 5.75 Å². The van der Waals surface area contributed by atoms with Crippen LogP contribution in [0.4, 0.5) is 0 Å². The highest BCUT2D eigenvalue weighted by atomic mass is 32.1. The van der Waals surface area contributed by atoms with Crippen LogP contribution in [-0.2, 0) is 11.2 Å². The van der Waals surface area contributed by atoms with Gasteiger partial charge in [0.25, 0.3) is 5.91 Å². The van der Waals surface area contributed by atoms with Crippen molar-refractivity contribution in [3.63, 3.8) is 0 Å². The summed E-state index contributed by atoms with van der Waals surface area (Å²) in [6.45, 7) is 0.660. The summed E-state index contributed by atoms with van der Waals surface area (Å²) in [5.74, 6) is -0.494. The zero-order valence-corrected chi connectivity index (χ0v) is 12.2. The molecule has 0 radical (unpaired) electrons. The van der Waals surface area contributed by atoms with Gasteiger partial charge in [-0.3, -0.25) is 9.59 Å². The van der Waals surface area contributed by atoms with Gasteiger partial charge in [0.05, 0.1) is 12.0 Å². The molecule has 6 heteroatoms. The molecule has 3 N–H and O–H groups in total. The monoisotopic (exact) mass is 304 g/mol. The molecule has 1 heterocycles. The van der Waals surface area contributed by atoms with E-state index in [4.69, 9.17) is 0 Å². The smallest absolute Gasteiger partial charge is 0.255 e. The van der Waals surface area contributed by atoms with Gasteiger partial charge in [0.15, 0.2) is 0 Å². The van der Waals surface area contributed by atoms with E-state index in [9.17, 15) is 14.7 Å². The van der Waals surface area contributed by atoms with Crippen LogP contribution in [0.1, 0.15) is 15.2 Å². The molecule has 2 aromatic rings. The van der Waals surface area contributed by atoms with Crippen molar-refractivity contribution in [1.29, 1.82) is 0 Å². The van der Waals surface area contributed by atoms with Gasteiger partial charge in [0.2, 0.25) is 5.91 Å². The van der Waals surface area contributed by atoms with Crippen LogP contribution < -0.4 is 10.6 Å². The molecule has 0 atom stereocenters. The van der Waals surface area contributed by atoms with E-state index in [0.717, 1.165) is 4.88 Å². The van der Waals surface area contributed by atoms with Crippen LogP contribution in [-0.4, -0.2) is 30.0 Å². The Morgan fingerprint density at radius 3 is 2.52 bits per heavy atom. The molecule has 0 aliphatic carbocycles. The lowest BCUT2D eigenvalue weighted by molar-refractivity contribution is -0.120. The summed E-state index contributed by atoms with van der Waals surface area (Å²) < 4.78 is 0. The van der Waals surface area contributed by atoms with Gasteiger partial charge in [-0.1, -0.05) is 18.2 Å². The van der Waals surface area contributed by atoms with Crippen LogP contribution in [0.5, 0.6) is 5.75 Å². The first kappa shape index (κ1) is 15.1. The first-order valence-corrected chi connectivity index (χ1v) is 7.40. The van der Waals surface area contributed by atoms with Crippen molar-refractivity contribution in [2.24, 2.45) is 0 Å². The molecule has 0 spiro atoms. The minimum atomic E-state index is -0.361. The largest absolute Gasteiger partial charge is 0.507 e. The highest BCUT2D eigenvalue weighted by Crippen LogP contribution is 2.14. The molecule has 0 aliphatic heterocycles. The van der Waals surface area contributed by atoms with Gasteiger partial charge in [0, 0.05) is 18.0 Å². The van der Waals surface area contributed by atoms with E-state index in [1.165, 1.54) is 17.4 Å². The maximum Gasteiger partial charge on any atom is 0.255 e. The van der Waals surface area contributed by atoms with Crippen molar-refractivity contribution < 1.29 is 14.7 Å². The number of carbonyl (C=O) groups excluding carboxylic acids is 2. The number of phenolic OH excluding ortho intramolecular Hbond substituents is 1. The normalized spacial score (nSPS) is 10.1. The van der Waals surface area contributed by atoms with Gasteiger partial charge in [0.1, 0.15) is 5.75 Å². The Bertz CT molecular complexity index is 611. The summed E-state index contributed by atoms with van der Waals surface area (Å²) in [5, 5.41) is 16.8. The Balaban J connectivity index is 1.69. The minimum Gasteiger partial charge on any atom is -0.507 e. The van der Waals surface area contributed by atoms with Gasteiger partial charge in [-0.15, -0.1) is 11.3 Å². The van der Waals surface area contributed by atoms with Crippen LogP contribution in [0, 0.1) is 0 Å². The van der Waals surface area contributed by atoms with E-state index in [2.05, 4.69) is 10.6 Å². The first-order valence-electron chi connectivity index (χ1n) is 6.52. The number of aromatic hydroxyl groups is 1. The molecule has 0 unspecified atom stereocenters. The lowest BCUT2D eigenvalue weighted by Crippen LogP contribution is -2.35.